The number of ether oxygens (including phenoxy) is 1. The van der Waals surface area contributed by atoms with Crippen molar-refractivity contribution in [2.45, 2.75) is 19.6 Å². The van der Waals surface area contributed by atoms with Crippen LogP contribution in [0.2, 0.25) is 10.0 Å². The molecule has 0 radical (unpaired) electrons. The maximum atomic E-state index is 12.1. The van der Waals surface area contributed by atoms with E-state index in [2.05, 4.69) is 10.9 Å². The van der Waals surface area contributed by atoms with Crippen molar-refractivity contribution in [3.63, 3.8) is 0 Å². The Balaban J connectivity index is 1.52. The van der Waals surface area contributed by atoms with Crippen LogP contribution < -0.4 is 15.6 Å². The first-order valence-electron chi connectivity index (χ1n) is 8.18. The summed E-state index contributed by atoms with van der Waals surface area (Å²) in [5, 5.41) is 1.80. The molecule has 0 aliphatic carbocycles. The number of aromatic nitrogens is 1. The number of hydrogen-bond acceptors (Lipinski definition) is 3. The Hall–Kier alpha value is -2.70. The monoisotopic (exact) mass is 405 g/mol. The van der Waals surface area contributed by atoms with Gasteiger partial charge in [-0.2, -0.15) is 0 Å². The Labute approximate surface area is 166 Å². The second-order valence-corrected chi connectivity index (χ2v) is 6.72. The van der Waals surface area contributed by atoms with Crippen molar-refractivity contribution in [1.29, 1.82) is 0 Å². The fourth-order valence-corrected chi connectivity index (χ4v) is 2.97. The predicted octanol–water partition coefficient (Wildman–Crippen LogP) is 3.56. The molecule has 1 aromatic heterocycles. The molecule has 27 heavy (non-hydrogen) atoms. The van der Waals surface area contributed by atoms with Gasteiger partial charge in [-0.15, -0.1) is 0 Å². The zero-order chi connectivity index (χ0) is 19.4. The van der Waals surface area contributed by atoms with Gasteiger partial charge < -0.3 is 9.30 Å². The van der Waals surface area contributed by atoms with Crippen LogP contribution in [0.3, 0.4) is 0 Å². The van der Waals surface area contributed by atoms with E-state index in [4.69, 9.17) is 27.9 Å². The molecule has 1 atom stereocenters. The van der Waals surface area contributed by atoms with Crippen LogP contribution in [0.15, 0.2) is 54.7 Å². The van der Waals surface area contributed by atoms with E-state index in [1.54, 1.807) is 23.6 Å². The van der Waals surface area contributed by atoms with Gasteiger partial charge in [-0.1, -0.05) is 41.4 Å². The van der Waals surface area contributed by atoms with Crippen molar-refractivity contribution < 1.29 is 14.3 Å². The highest BCUT2D eigenvalue weighted by molar-refractivity contribution is 6.35. The lowest BCUT2D eigenvalue weighted by atomic mass is 10.2. The summed E-state index contributed by atoms with van der Waals surface area (Å²) in [5.41, 5.74) is 5.67. The van der Waals surface area contributed by atoms with E-state index in [1.165, 1.54) is 6.07 Å². The number of nitrogens with one attached hydrogen (secondary N) is 2. The molecule has 3 aromatic rings. The van der Waals surface area contributed by atoms with Crippen LogP contribution in [0.4, 0.5) is 0 Å². The molecule has 0 aliphatic heterocycles. The molecule has 0 saturated carbocycles. The number of halogens is 2. The van der Waals surface area contributed by atoms with Crippen LogP contribution >= 0.6 is 23.2 Å². The zero-order valence-electron chi connectivity index (χ0n) is 14.4. The van der Waals surface area contributed by atoms with Crippen molar-refractivity contribution in [2.75, 3.05) is 0 Å². The van der Waals surface area contributed by atoms with Gasteiger partial charge in [0.1, 0.15) is 12.3 Å². The van der Waals surface area contributed by atoms with Gasteiger partial charge >= 0.3 is 0 Å². The summed E-state index contributed by atoms with van der Waals surface area (Å²) >= 11 is 11.8. The topological polar surface area (TPSA) is 72.4 Å². The number of nitrogens with zero attached hydrogens (tertiary/aromatic N) is 1. The highest BCUT2D eigenvalue weighted by Gasteiger charge is 2.17. The normalized spacial score (nSPS) is 11.8. The molecule has 2 N–H and O–H groups in total. The first-order chi connectivity index (χ1) is 12.9. The Morgan fingerprint density at radius 3 is 2.67 bits per heavy atom. The summed E-state index contributed by atoms with van der Waals surface area (Å²) in [6.45, 7) is 1.62. The quantitative estimate of drug-likeness (QED) is 0.637. The van der Waals surface area contributed by atoms with Gasteiger partial charge in [-0.3, -0.25) is 20.4 Å². The van der Waals surface area contributed by atoms with Gasteiger partial charge in [0.05, 0.1) is 5.02 Å². The lowest BCUT2D eigenvalue weighted by Gasteiger charge is -2.16. The van der Waals surface area contributed by atoms with Crippen LogP contribution in [0.5, 0.6) is 5.75 Å². The van der Waals surface area contributed by atoms with E-state index in [1.807, 2.05) is 36.5 Å². The average molecular weight is 406 g/mol. The zero-order valence-corrected chi connectivity index (χ0v) is 15.9. The summed E-state index contributed by atoms with van der Waals surface area (Å²) in [7, 11) is 0. The third kappa shape index (κ3) is 4.72. The van der Waals surface area contributed by atoms with Gasteiger partial charge in [0.25, 0.3) is 11.8 Å². The minimum atomic E-state index is -0.864. The first-order valence-corrected chi connectivity index (χ1v) is 8.94. The maximum Gasteiger partial charge on any atom is 0.279 e. The van der Waals surface area contributed by atoms with Crippen molar-refractivity contribution in [3.8, 4) is 5.75 Å². The number of fused-ring (bicyclic) bond motifs is 1. The van der Waals surface area contributed by atoms with Crippen molar-refractivity contribution in [3.05, 3.63) is 64.8 Å². The van der Waals surface area contributed by atoms with Crippen molar-refractivity contribution >= 4 is 45.9 Å². The van der Waals surface area contributed by atoms with Crippen molar-refractivity contribution in [1.82, 2.24) is 15.4 Å². The molecular weight excluding hydrogens is 389 g/mol. The second kappa shape index (κ2) is 8.33. The molecule has 2 aromatic carbocycles. The van der Waals surface area contributed by atoms with Gasteiger partial charge in [0.2, 0.25) is 0 Å². The van der Waals surface area contributed by atoms with E-state index in [0.717, 1.165) is 10.9 Å². The number of benzene rings is 2. The first kappa shape index (κ1) is 19.1. The molecule has 3 rings (SSSR count). The molecule has 0 fully saturated rings. The number of para-hydroxylation sites is 1. The molecule has 6 nitrogen and oxygen atoms in total. The lowest BCUT2D eigenvalue weighted by Crippen LogP contribution is -2.48. The van der Waals surface area contributed by atoms with E-state index >= 15 is 0 Å². The molecule has 1 unspecified atom stereocenters. The summed E-state index contributed by atoms with van der Waals surface area (Å²) in [4.78, 5) is 24.2. The fraction of sp³-hybridized carbons (Fsp3) is 0.158. The Kier molecular flexibility index (Phi) is 5.88. The summed E-state index contributed by atoms with van der Waals surface area (Å²) in [5.74, 6) is -0.540. The van der Waals surface area contributed by atoms with E-state index < -0.39 is 12.0 Å². The fourth-order valence-electron chi connectivity index (χ4n) is 2.52. The minimum absolute atomic E-state index is 0.0754. The molecule has 0 aliphatic rings. The SMILES string of the molecule is CC(Oc1ccc(Cl)cc1Cl)C(=O)NNC(=O)Cn1ccc2ccccc21. The molecular formula is C19H17Cl2N3O3. The van der Waals surface area contributed by atoms with Gasteiger partial charge in [0.15, 0.2) is 6.10 Å². The van der Waals surface area contributed by atoms with E-state index in [9.17, 15) is 9.59 Å². The number of amides is 2. The number of carbonyl (C=O) groups excluding carboxylic acids is 2. The predicted molar refractivity (Wildman–Crippen MR) is 105 cm³/mol. The van der Waals surface area contributed by atoms with Crippen molar-refractivity contribution in [2.24, 2.45) is 0 Å². The number of carbonyl (C=O) groups is 2. The molecule has 0 spiro atoms. The number of hydrogen-bond donors (Lipinski definition) is 2. The third-order valence-electron chi connectivity index (χ3n) is 3.89. The molecule has 0 saturated heterocycles. The maximum absolute atomic E-state index is 12.1. The molecule has 140 valence electrons. The van der Waals surface area contributed by atoms with E-state index in [0.29, 0.717) is 15.8 Å². The van der Waals surface area contributed by atoms with Crippen LogP contribution in [-0.4, -0.2) is 22.5 Å². The average Bonchev–Trinajstić information content (AvgIpc) is 3.05. The van der Waals surface area contributed by atoms with Gasteiger partial charge in [0, 0.05) is 16.7 Å². The lowest BCUT2D eigenvalue weighted by molar-refractivity contribution is -0.132. The molecule has 2 amide bonds. The Morgan fingerprint density at radius 1 is 1.11 bits per heavy atom. The summed E-state index contributed by atoms with van der Waals surface area (Å²) in [6.07, 6.45) is 0.955. The standard InChI is InChI=1S/C19H17Cl2N3O3/c1-12(27-17-7-6-14(20)10-15(17)21)19(26)23-22-18(25)11-24-9-8-13-4-2-3-5-16(13)24/h2-10,12H,11H2,1H3,(H,22,25)(H,23,26). The third-order valence-corrected chi connectivity index (χ3v) is 4.42. The minimum Gasteiger partial charge on any atom is -0.479 e. The van der Waals surface area contributed by atoms with Gasteiger partial charge in [-0.25, -0.2) is 0 Å². The molecule has 1 heterocycles. The summed E-state index contributed by atoms with van der Waals surface area (Å²) < 4.78 is 7.29. The highest BCUT2D eigenvalue weighted by Crippen LogP contribution is 2.28. The smallest absolute Gasteiger partial charge is 0.279 e. The summed E-state index contributed by atoms with van der Waals surface area (Å²) in [6, 6.07) is 14.3. The molecule has 8 heteroatoms. The Bertz CT molecular complexity index is 987. The second-order valence-electron chi connectivity index (χ2n) is 5.87. The molecule has 0 bridgehead atoms. The van der Waals surface area contributed by atoms with Crippen LogP contribution in [-0.2, 0) is 16.1 Å². The van der Waals surface area contributed by atoms with E-state index in [-0.39, 0.29) is 12.5 Å². The van der Waals surface area contributed by atoms with Crippen LogP contribution in [0.1, 0.15) is 6.92 Å². The largest absolute Gasteiger partial charge is 0.479 e. The van der Waals surface area contributed by atoms with Gasteiger partial charge in [-0.05, 0) is 42.6 Å². The number of hydrazine groups is 1. The highest BCUT2D eigenvalue weighted by atomic mass is 35.5. The van der Waals surface area contributed by atoms with Crippen LogP contribution in [0.25, 0.3) is 10.9 Å². The number of rotatable bonds is 5. The Morgan fingerprint density at radius 2 is 1.89 bits per heavy atom. The van der Waals surface area contributed by atoms with Crippen LogP contribution in [0, 0.1) is 0 Å².